The van der Waals surface area contributed by atoms with Gasteiger partial charge in [-0.05, 0) is 139 Å². The molecule has 20 aromatic carbocycles. The first-order valence-corrected chi connectivity index (χ1v) is 49.5. The third-order valence-corrected chi connectivity index (χ3v) is 28.4. The molecule has 0 N–H and O–H groups in total. The molecule has 692 valence electrons. The molecule has 32 aromatic rings. The number of fused-ring (bicyclic) bond motifs is 28. The van der Waals surface area contributed by atoms with E-state index in [1.54, 1.807) is 0 Å². The highest BCUT2D eigenvalue weighted by molar-refractivity contribution is 6.27. The summed E-state index contributed by atoms with van der Waals surface area (Å²) in [5, 5.41) is 13.4. The maximum Gasteiger partial charge on any atom is 0.238 e. The first-order valence-electron chi connectivity index (χ1n) is 49.5. The van der Waals surface area contributed by atoms with Crippen molar-refractivity contribution in [2.45, 2.75) is 0 Å². The molecule has 0 amide bonds. The quantitative estimate of drug-likeness (QED) is 0.127. The molecular formula is C130H81N17O. The van der Waals surface area contributed by atoms with Crippen LogP contribution in [-0.2, 0) is 0 Å². The lowest BCUT2D eigenvalue weighted by Crippen LogP contribution is -2.04. The smallest absolute Gasteiger partial charge is 0.238 e. The fraction of sp³-hybridized carbons (Fsp3) is 0. The van der Waals surface area contributed by atoms with Crippen LogP contribution in [0, 0.1) is 0 Å². The molecular weight excluding hydrogens is 1820 g/mol. The van der Waals surface area contributed by atoms with Crippen molar-refractivity contribution in [3.05, 3.63) is 491 Å². The van der Waals surface area contributed by atoms with Crippen LogP contribution >= 0.6 is 0 Å². The van der Waals surface area contributed by atoms with Gasteiger partial charge in [0.25, 0.3) is 0 Å². The fourth-order valence-electron chi connectivity index (χ4n) is 21.9. The molecule has 0 fully saturated rings. The zero-order chi connectivity index (χ0) is 97.4. The van der Waals surface area contributed by atoms with Gasteiger partial charge in [-0.25, -0.2) is 59.0 Å². The molecule has 12 aromatic heterocycles. The van der Waals surface area contributed by atoms with Crippen molar-refractivity contribution in [3.63, 3.8) is 0 Å². The minimum Gasteiger partial charge on any atom is -0.455 e. The van der Waals surface area contributed by atoms with Gasteiger partial charge in [-0.3, -0.25) is 17.9 Å². The van der Waals surface area contributed by atoms with Crippen LogP contribution in [0.5, 0.6) is 0 Å². The van der Waals surface area contributed by atoms with Crippen LogP contribution < -0.4 is 0 Å². The topological polar surface area (TPSA) is 176 Å². The Bertz CT molecular complexity index is 10900. The third-order valence-electron chi connectivity index (χ3n) is 28.4. The molecule has 0 radical (unpaired) electrons. The van der Waals surface area contributed by atoms with Gasteiger partial charge >= 0.3 is 0 Å². The molecule has 0 aliphatic rings. The molecule has 0 spiro atoms. The van der Waals surface area contributed by atoms with E-state index in [0.29, 0.717) is 23.8 Å². The Morgan fingerprint density at radius 3 is 0.926 bits per heavy atom. The maximum atomic E-state index is 6.43. The third kappa shape index (κ3) is 13.8. The van der Waals surface area contributed by atoms with E-state index in [4.69, 9.17) is 54.3 Å². The van der Waals surface area contributed by atoms with Crippen molar-refractivity contribution in [1.82, 2.24) is 81.5 Å². The monoisotopic (exact) mass is 1900 g/mol. The standard InChI is InChI=1S/C38H24N4.C33H21N5.C32H19N3O.C27H17N5/c1-3-13-25(14-4-1)36-29-18-7-10-20-31(29)39-38(40-36)42-33-22-12-9-19-30(33)35-34(42)24-23-28-27-17-8-11-21-32(27)41(37(28)35)26-15-5-2-6-16-26;1-3-11-22(12-4-1)24-19-20-29-30(21-24)37-28-18-10-9-17-27(28)35-33(37)38(29)32-34-26-16-8-7-15-25(26)31(36-32)23-13-5-2-6-14-23;1-2-10-20(11-3-1)30-23-13-4-7-15-25(23)33-32(34-30)35-26-16-8-5-14-24(26)29-27(35)19-18-22-21-12-6-9-17-28(21)36-31(22)29;1-2-10-18(11-3-1)25-19-12-4-5-13-20(19)28-26(30-25)32-24-17-9-8-16-23(24)31-22-15-7-6-14-21(22)29-27(31)32/h1-24H;1-21H;1-19H;1-17H. The van der Waals surface area contributed by atoms with Gasteiger partial charge in [0.15, 0.2) is 0 Å². The van der Waals surface area contributed by atoms with Crippen LogP contribution in [0.3, 0.4) is 0 Å². The number of imidazole rings is 4. The Kier molecular flexibility index (Phi) is 19.8. The first-order chi connectivity index (χ1) is 73.5. The van der Waals surface area contributed by atoms with Crippen LogP contribution in [0.1, 0.15) is 0 Å². The van der Waals surface area contributed by atoms with E-state index in [9.17, 15) is 0 Å². The number of hydrogen-bond donors (Lipinski definition) is 0. The van der Waals surface area contributed by atoms with Gasteiger partial charge < -0.3 is 8.98 Å². The molecule has 0 bridgehead atoms. The summed E-state index contributed by atoms with van der Waals surface area (Å²) >= 11 is 0. The van der Waals surface area contributed by atoms with Gasteiger partial charge in [-0.1, -0.05) is 364 Å². The van der Waals surface area contributed by atoms with Gasteiger partial charge in [0.2, 0.25) is 35.3 Å². The van der Waals surface area contributed by atoms with Crippen molar-refractivity contribution in [1.29, 1.82) is 0 Å². The van der Waals surface area contributed by atoms with E-state index >= 15 is 0 Å². The van der Waals surface area contributed by atoms with Gasteiger partial charge in [-0.2, -0.15) is 0 Å². The van der Waals surface area contributed by atoms with E-state index < -0.39 is 0 Å². The van der Waals surface area contributed by atoms with E-state index in [2.05, 4.69) is 359 Å². The molecule has 0 aliphatic carbocycles. The normalized spacial score (nSPS) is 11.8. The van der Waals surface area contributed by atoms with Crippen LogP contribution in [0.2, 0.25) is 0 Å². The largest absolute Gasteiger partial charge is 0.455 e. The molecule has 32 rings (SSSR count). The molecule has 0 unspecified atom stereocenters. The zero-order valence-electron chi connectivity index (χ0n) is 79.3. The maximum absolute atomic E-state index is 6.43. The highest BCUT2D eigenvalue weighted by atomic mass is 16.3. The van der Waals surface area contributed by atoms with Crippen LogP contribution in [-0.4, -0.2) is 81.5 Å². The molecule has 0 atom stereocenters. The predicted octanol–water partition coefficient (Wildman–Crippen LogP) is 31.5. The average molecular weight is 1900 g/mol. The number of nitrogens with zero attached hydrogens (tertiary/aromatic N) is 17. The second-order valence-corrected chi connectivity index (χ2v) is 36.9. The van der Waals surface area contributed by atoms with Gasteiger partial charge in [0.05, 0.1) is 127 Å². The molecule has 148 heavy (non-hydrogen) atoms. The molecule has 0 saturated carbocycles. The van der Waals surface area contributed by atoms with Crippen LogP contribution in [0.25, 0.3) is 272 Å². The van der Waals surface area contributed by atoms with Crippen molar-refractivity contribution < 1.29 is 4.42 Å². The van der Waals surface area contributed by atoms with Gasteiger partial charge in [0.1, 0.15) is 11.2 Å². The number of hydrogen-bond acceptors (Lipinski definition) is 11. The fourth-order valence-corrected chi connectivity index (χ4v) is 21.9. The van der Waals surface area contributed by atoms with Gasteiger partial charge in [0, 0.05) is 87.2 Å². The number of aromatic nitrogens is 17. The summed E-state index contributed by atoms with van der Waals surface area (Å²) in [6.45, 7) is 0. The first kappa shape index (κ1) is 84.4. The Balaban J connectivity index is 0.0000000934. The Morgan fingerprint density at radius 2 is 0.473 bits per heavy atom. The van der Waals surface area contributed by atoms with Crippen molar-refractivity contribution in [2.75, 3.05) is 0 Å². The number of para-hydroxylation sites is 15. The van der Waals surface area contributed by atoms with E-state index in [-0.39, 0.29) is 0 Å². The van der Waals surface area contributed by atoms with Crippen LogP contribution in [0.15, 0.2) is 496 Å². The molecule has 0 aliphatic heterocycles. The van der Waals surface area contributed by atoms with Crippen molar-refractivity contribution in [2.24, 2.45) is 0 Å². The molecule has 18 nitrogen and oxygen atoms in total. The lowest BCUT2D eigenvalue weighted by molar-refractivity contribution is 0.673. The highest BCUT2D eigenvalue weighted by Crippen LogP contribution is 2.46. The summed E-state index contributed by atoms with van der Waals surface area (Å²) in [4.78, 5) is 50.9. The Labute approximate surface area is 843 Å². The second kappa shape index (κ2) is 34.7. The van der Waals surface area contributed by atoms with E-state index in [0.717, 1.165) is 210 Å². The summed E-state index contributed by atoms with van der Waals surface area (Å²) in [6, 6.07) is 169. The zero-order valence-corrected chi connectivity index (χ0v) is 79.3. The highest BCUT2D eigenvalue weighted by Gasteiger charge is 2.29. The molecule has 0 saturated heterocycles. The summed E-state index contributed by atoms with van der Waals surface area (Å²) in [5.74, 6) is 4.13. The molecule has 12 heterocycles. The average Bonchev–Trinajstić information content (AvgIpc) is 1.56. The second-order valence-electron chi connectivity index (χ2n) is 36.9. The number of benzene rings is 20. The summed E-state index contributed by atoms with van der Waals surface area (Å²) in [5.41, 5.74) is 31.6. The summed E-state index contributed by atoms with van der Waals surface area (Å²) in [6.07, 6.45) is 0. The summed E-state index contributed by atoms with van der Waals surface area (Å²) < 4.78 is 21.8. The number of rotatable bonds is 10. The predicted molar refractivity (Wildman–Crippen MR) is 602 cm³/mol. The minimum absolute atomic E-state index is 0.602. The minimum atomic E-state index is 0.602. The van der Waals surface area contributed by atoms with Crippen molar-refractivity contribution >= 4 is 187 Å². The van der Waals surface area contributed by atoms with Crippen molar-refractivity contribution in [3.8, 4) is 85.6 Å². The summed E-state index contributed by atoms with van der Waals surface area (Å²) in [7, 11) is 0. The Morgan fingerprint density at radius 1 is 0.162 bits per heavy atom. The van der Waals surface area contributed by atoms with Crippen LogP contribution in [0.4, 0.5) is 0 Å². The SMILES string of the molecule is c1ccc(-c2ccc3c(c2)n2c4ccccc4nc2n3-c2nc(-c3ccccc3)c3ccccc3n2)cc1.c1ccc(-c2nc(-n3c4ccccc4c4c3ccc3c5ccccc5n(-c5ccccc5)c34)nc3ccccc23)cc1.c1ccc(-c2nc(-n3c4ccccc4c4c5oc6ccccc6c5ccc43)nc3ccccc23)cc1.c1ccc(-c2nc(-n3c4ccccc4n4c5ccccc5nc34)nc3ccccc23)cc1. The number of furan rings is 1. The lowest BCUT2D eigenvalue weighted by atomic mass is 10.1. The van der Waals surface area contributed by atoms with Gasteiger partial charge in [-0.15, -0.1) is 0 Å². The van der Waals surface area contributed by atoms with E-state index in [1.807, 2.05) is 164 Å². The lowest BCUT2D eigenvalue weighted by Gasteiger charge is -2.12. The molecule has 18 heteroatoms. The van der Waals surface area contributed by atoms with E-state index in [1.165, 1.54) is 38.1 Å². The Hall–Kier alpha value is -20.5.